The Kier molecular flexibility index (Phi) is 5.65. The van der Waals surface area contributed by atoms with Gasteiger partial charge in [-0.15, -0.1) is 0 Å². The van der Waals surface area contributed by atoms with Crippen LogP contribution in [0.4, 0.5) is 0 Å². The van der Waals surface area contributed by atoms with Crippen molar-refractivity contribution in [1.82, 2.24) is 0 Å². The second-order valence-electron chi connectivity index (χ2n) is 1.36. The maximum Gasteiger partial charge on any atom is 0.154 e. The molecule has 0 spiro atoms. The summed E-state index contributed by atoms with van der Waals surface area (Å²) in [6.07, 6.45) is 0. The molecule has 0 radical (unpaired) electrons. The minimum atomic E-state index is -1.07. The Labute approximate surface area is 88.3 Å². The smallest absolute Gasteiger partial charge is 0.154 e. The molecule has 0 heterocycles. The highest BCUT2D eigenvalue weighted by atomic mass is 35.5. The van der Waals surface area contributed by atoms with Gasteiger partial charge in [-0.1, -0.05) is 63.2 Å². The lowest BCUT2D eigenvalue weighted by Gasteiger charge is -2.01. The van der Waals surface area contributed by atoms with Crippen LogP contribution >= 0.6 is 58.0 Å². The molecule has 0 rings (SSSR count). The van der Waals surface area contributed by atoms with Gasteiger partial charge >= 0.3 is 0 Å². The van der Waals surface area contributed by atoms with Crippen molar-refractivity contribution in [3.63, 3.8) is 0 Å². The van der Waals surface area contributed by atoms with Gasteiger partial charge in [0.05, 0.1) is 5.03 Å². The first-order valence-electron chi connectivity index (χ1n) is 2.22. The molecule has 7 heteroatoms. The van der Waals surface area contributed by atoms with Crippen LogP contribution in [-0.2, 0) is 0 Å². The summed E-state index contributed by atoms with van der Waals surface area (Å²) in [7, 11) is 0. The number of rotatable bonds is 2. The zero-order valence-corrected chi connectivity index (χ0v) is 8.64. The van der Waals surface area contributed by atoms with Crippen LogP contribution in [-0.4, -0.2) is 15.8 Å². The minimum Gasteiger partial charge on any atom is -0.411 e. The summed E-state index contributed by atoms with van der Waals surface area (Å²) in [4.78, 5) is -1.07. The molecule has 0 atom stereocenters. The fraction of sp³-hybridized carbons (Fsp3) is 0.250. The first-order chi connectivity index (χ1) is 5.00. The molecule has 0 aliphatic heterocycles. The summed E-state index contributed by atoms with van der Waals surface area (Å²) in [6.45, 7) is 0. The summed E-state index contributed by atoms with van der Waals surface area (Å²) < 4.78 is -0.259. The molecule has 0 aliphatic rings. The first-order valence-corrected chi connectivity index (χ1v) is 4.22. The topological polar surface area (TPSA) is 32.6 Å². The third kappa shape index (κ3) is 3.72. The Morgan fingerprint density at radius 2 is 1.64 bits per heavy atom. The van der Waals surface area contributed by atoms with Gasteiger partial charge in [-0.3, -0.25) is 0 Å². The van der Waals surface area contributed by atoms with Crippen LogP contribution in [0, 0.1) is 0 Å². The molecule has 0 saturated heterocycles. The Balaban J connectivity index is 4.70. The highest BCUT2D eigenvalue weighted by Gasteiger charge is 2.16. The van der Waals surface area contributed by atoms with Crippen molar-refractivity contribution in [3.8, 4) is 0 Å². The fourth-order valence-electron chi connectivity index (χ4n) is 0.280. The molecule has 64 valence electrons. The van der Waals surface area contributed by atoms with Gasteiger partial charge in [-0.05, 0) is 0 Å². The van der Waals surface area contributed by atoms with E-state index in [1.807, 2.05) is 0 Å². The van der Waals surface area contributed by atoms with E-state index in [0.29, 0.717) is 0 Å². The van der Waals surface area contributed by atoms with Crippen LogP contribution in [0.25, 0.3) is 0 Å². The normalized spacial score (nSPS) is 12.0. The second kappa shape index (κ2) is 5.33. The van der Waals surface area contributed by atoms with Crippen molar-refractivity contribution in [1.29, 1.82) is 0 Å². The van der Waals surface area contributed by atoms with Crippen molar-refractivity contribution in [3.05, 3.63) is 9.52 Å². The second-order valence-corrected chi connectivity index (χ2v) is 3.78. The van der Waals surface area contributed by atoms with Crippen LogP contribution < -0.4 is 0 Å². The van der Waals surface area contributed by atoms with E-state index in [-0.39, 0.29) is 15.2 Å². The van der Waals surface area contributed by atoms with Crippen molar-refractivity contribution < 1.29 is 5.21 Å². The molecule has 0 aliphatic carbocycles. The van der Waals surface area contributed by atoms with Gasteiger partial charge in [-0.25, -0.2) is 0 Å². The van der Waals surface area contributed by atoms with Gasteiger partial charge in [-0.2, -0.15) is 0 Å². The fourth-order valence-corrected chi connectivity index (χ4v) is 1.04. The van der Waals surface area contributed by atoms with E-state index in [4.69, 9.17) is 63.2 Å². The SMILES string of the molecule is O/N=C(/C(Cl)=C(Cl)Cl)C(Cl)Cl. The molecule has 0 aromatic rings. The van der Waals surface area contributed by atoms with E-state index in [1.54, 1.807) is 0 Å². The zero-order valence-electron chi connectivity index (χ0n) is 4.86. The highest BCUT2D eigenvalue weighted by Crippen LogP contribution is 2.23. The molecule has 11 heavy (non-hydrogen) atoms. The largest absolute Gasteiger partial charge is 0.411 e. The van der Waals surface area contributed by atoms with Gasteiger partial charge in [0.2, 0.25) is 0 Å². The van der Waals surface area contributed by atoms with Crippen LogP contribution in [0.5, 0.6) is 0 Å². The van der Waals surface area contributed by atoms with E-state index in [1.165, 1.54) is 0 Å². The van der Waals surface area contributed by atoms with Gasteiger partial charge < -0.3 is 5.21 Å². The Morgan fingerprint density at radius 3 is 1.73 bits per heavy atom. The average molecular weight is 257 g/mol. The molecular weight excluding hydrogens is 255 g/mol. The zero-order chi connectivity index (χ0) is 9.02. The van der Waals surface area contributed by atoms with Crippen LogP contribution in [0.15, 0.2) is 14.7 Å². The van der Waals surface area contributed by atoms with Gasteiger partial charge in [0.15, 0.2) is 4.84 Å². The number of halogens is 5. The first kappa shape index (κ1) is 11.7. The molecule has 0 saturated carbocycles. The summed E-state index contributed by atoms with van der Waals surface area (Å²) >= 11 is 26.6. The third-order valence-corrected chi connectivity index (χ3v) is 2.07. The highest BCUT2D eigenvalue weighted by molar-refractivity contribution is 6.67. The average Bonchev–Trinajstić information content (AvgIpc) is 1.88. The Morgan fingerprint density at radius 1 is 1.18 bits per heavy atom. The lowest BCUT2D eigenvalue weighted by atomic mass is 10.4. The van der Waals surface area contributed by atoms with Crippen LogP contribution in [0.1, 0.15) is 0 Å². The predicted octanol–water partition coefficient (Wildman–Crippen LogP) is 3.51. The number of allylic oxidation sites excluding steroid dienone is 1. The molecule has 2 nitrogen and oxygen atoms in total. The van der Waals surface area contributed by atoms with E-state index >= 15 is 0 Å². The van der Waals surface area contributed by atoms with Crippen LogP contribution in [0.2, 0.25) is 0 Å². The van der Waals surface area contributed by atoms with Gasteiger partial charge in [0.1, 0.15) is 10.2 Å². The number of hydrogen-bond donors (Lipinski definition) is 1. The molecule has 1 N–H and O–H groups in total. The van der Waals surface area contributed by atoms with Crippen molar-refractivity contribution in [2.45, 2.75) is 4.84 Å². The molecule has 0 aromatic heterocycles. The molecule has 0 amide bonds. The molecule has 0 unspecified atom stereocenters. The number of nitrogens with zero attached hydrogens (tertiary/aromatic N) is 1. The molecule has 0 bridgehead atoms. The number of oxime groups is 1. The van der Waals surface area contributed by atoms with E-state index < -0.39 is 4.84 Å². The van der Waals surface area contributed by atoms with Gasteiger partial charge in [0.25, 0.3) is 0 Å². The van der Waals surface area contributed by atoms with Gasteiger partial charge in [0, 0.05) is 0 Å². The summed E-state index contributed by atoms with van der Waals surface area (Å²) in [5.41, 5.74) is -0.185. The lowest BCUT2D eigenvalue weighted by molar-refractivity contribution is 0.319. The quantitative estimate of drug-likeness (QED) is 0.349. The summed E-state index contributed by atoms with van der Waals surface area (Å²) in [5.74, 6) is 0. The Hall–Kier alpha value is 0.660. The van der Waals surface area contributed by atoms with E-state index in [2.05, 4.69) is 5.16 Å². The molecular formula is C4H2Cl5NO. The Bertz CT molecular complexity index is 195. The maximum atomic E-state index is 8.30. The maximum absolute atomic E-state index is 8.30. The predicted molar refractivity (Wildman–Crippen MR) is 49.3 cm³/mol. The summed E-state index contributed by atoms with van der Waals surface area (Å²) in [6, 6.07) is 0. The van der Waals surface area contributed by atoms with Crippen molar-refractivity contribution in [2.75, 3.05) is 0 Å². The molecule has 0 fully saturated rings. The molecule has 0 aromatic carbocycles. The van der Waals surface area contributed by atoms with E-state index in [9.17, 15) is 0 Å². The van der Waals surface area contributed by atoms with Crippen LogP contribution in [0.3, 0.4) is 0 Å². The number of alkyl halides is 2. The monoisotopic (exact) mass is 255 g/mol. The number of hydrogen-bond acceptors (Lipinski definition) is 2. The van der Waals surface area contributed by atoms with E-state index in [0.717, 1.165) is 0 Å². The standard InChI is InChI=1S/C4H2Cl5NO/c5-1(3(6)7)2(10-11)4(8)9/h4,11H/b10-2-. The van der Waals surface area contributed by atoms with Crippen molar-refractivity contribution in [2.24, 2.45) is 5.16 Å². The minimum absolute atomic E-state index is 0.175. The lowest BCUT2D eigenvalue weighted by Crippen LogP contribution is -2.08. The summed E-state index contributed by atoms with van der Waals surface area (Å²) in [5, 5.41) is 10.8. The third-order valence-electron chi connectivity index (χ3n) is 0.705. The van der Waals surface area contributed by atoms with Crippen molar-refractivity contribution >= 4 is 63.7 Å².